The quantitative estimate of drug-likeness (QED) is 0.473. The second-order valence-corrected chi connectivity index (χ2v) is 4.55. The third-order valence-electron chi connectivity index (χ3n) is 2.27. The van der Waals surface area contributed by atoms with Gasteiger partial charge >= 0.3 is 5.97 Å². The van der Waals surface area contributed by atoms with Gasteiger partial charge in [-0.15, -0.1) is 6.58 Å². The Morgan fingerprint density at radius 1 is 1.71 bits per heavy atom. The van der Waals surface area contributed by atoms with E-state index in [2.05, 4.69) is 16.3 Å². The minimum atomic E-state index is -0.497. The standard InChI is InChI=1S/C11H17N3O2S/c1-4-6-17-7-5-14-8(2)13-9(10(14)12)11(15)16-3/h4H,1,5-7,12H2,2-3H3. The molecule has 1 aromatic heterocycles. The first-order valence-electron chi connectivity index (χ1n) is 5.21. The molecule has 0 bridgehead atoms. The van der Waals surface area contributed by atoms with E-state index in [9.17, 15) is 4.79 Å². The van der Waals surface area contributed by atoms with E-state index in [1.165, 1.54) is 7.11 Å². The van der Waals surface area contributed by atoms with Crippen LogP contribution in [0.2, 0.25) is 0 Å². The molecule has 0 aliphatic rings. The van der Waals surface area contributed by atoms with Crippen LogP contribution in [0.15, 0.2) is 12.7 Å². The number of methoxy groups -OCH3 is 1. The van der Waals surface area contributed by atoms with Gasteiger partial charge in [0.05, 0.1) is 7.11 Å². The van der Waals surface area contributed by atoms with E-state index < -0.39 is 5.97 Å². The average Bonchev–Trinajstić information content (AvgIpc) is 2.60. The zero-order valence-corrected chi connectivity index (χ0v) is 10.9. The minimum absolute atomic E-state index is 0.193. The van der Waals surface area contributed by atoms with Crippen molar-refractivity contribution in [1.29, 1.82) is 0 Å². The highest BCUT2D eigenvalue weighted by Gasteiger charge is 2.18. The molecule has 0 atom stereocenters. The number of nitrogens with two attached hydrogens (primary N) is 1. The van der Waals surface area contributed by atoms with Crippen LogP contribution < -0.4 is 5.73 Å². The number of nitrogens with zero attached hydrogens (tertiary/aromatic N) is 2. The zero-order valence-electron chi connectivity index (χ0n) is 10.1. The van der Waals surface area contributed by atoms with Crippen LogP contribution in [0.5, 0.6) is 0 Å². The Bertz CT molecular complexity index is 415. The number of hydrogen-bond donors (Lipinski definition) is 1. The second-order valence-electron chi connectivity index (χ2n) is 3.40. The molecule has 17 heavy (non-hydrogen) atoms. The number of anilines is 1. The smallest absolute Gasteiger partial charge is 0.360 e. The summed E-state index contributed by atoms with van der Waals surface area (Å²) in [5, 5.41) is 0. The Labute approximate surface area is 105 Å². The number of ether oxygens (including phenoxy) is 1. The normalized spacial score (nSPS) is 10.2. The molecule has 1 aromatic rings. The van der Waals surface area contributed by atoms with Crippen molar-refractivity contribution < 1.29 is 9.53 Å². The number of nitrogen functional groups attached to an aromatic ring is 1. The van der Waals surface area contributed by atoms with Gasteiger partial charge in [-0.3, -0.25) is 0 Å². The Morgan fingerprint density at radius 2 is 2.41 bits per heavy atom. The number of aromatic nitrogens is 2. The predicted octanol–water partition coefficient (Wildman–Crippen LogP) is 1.48. The number of carbonyl (C=O) groups excluding carboxylic acids is 1. The van der Waals surface area contributed by atoms with Crippen LogP contribution in [-0.2, 0) is 11.3 Å². The van der Waals surface area contributed by atoms with Gasteiger partial charge < -0.3 is 15.0 Å². The Balaban J connectivity index is 2.75. The monoisotopic (exact) mass is 255 g/mol. The van der Waals surface area contributed by atoms with Crippen molar-refractivity contribution in [2.75, 3.05) is 24.3 Å². The maximum Gasteiger partial charge on any atom is 0.360 e. The molecule has 0 unspecified atom stereocenters. The van der Waals surface area contributed by atoms with Gasteiger partial charge in [0, 0.05) is 18.1 Å². The highest BCUT2D eigenvalue weighted by atomic mass is 32.2. The highest BCUT2D eigenvalue weighted by Crippen LogP contribution is 2.16. The number of hydrogen-bond acceptors (Lipinski definition) is 5. The van der Waals surface area contributed by atoms with Crippen LogP contribution in [0.1, 0.15) is 16.3 Å². The molecule has 0 aliphatic carbocycles. The molecule has 0 aromatic carbocycles. The van der Waals surface area contributed by atoms with Gasteiger partial charge in [0.2, 0.25) is 0 Å². The van der Waals surface area contributed by atoms with Crippen molar-refractivity contribution >= 4 is 23.5 Å². The Morgan fingerprint density at radius 3 is 3.00 bits per heavy atom. The van der Waals surface area contributed by atoms with E-state index in [-0.39, 0.29) is 5.69 Å². The summed E-state index contributed by atoms with van der Waals surface area (Å²) in [5.74, 6) is 2.39. The molecule has 0 fully saturated rings. The number of rotatable bonds is 6. The highest BCUT2D eigenvalue weighted by molar-refractivity contribution is 7.99. The first kappa shape index (κ1) is 13.6. The van der Waals surface area contributed by atoms with Crippen molar-refractivity contribution in [3.05, 3.63) is 24.2 Å². The van der Waals surface area contributed by atoms with Crippen molar-refractivity contribution in [3.8, 4) is 0 Å². The number of thioether (sulfide) groups is 1. The summed E-state index contributed by atoms with van der Waals surface area (Å²) in [6, 6.07) is 0. The number of carbonyl (C=O) groups is 1. The second kappa shape index (κ2) is 6.34. The fourth-order valence-corrected chi connectivity index (χ4v) is 2.08. The van der Waals surface area contributed by atoms with Crippen LogP contribution in [0.4, 0.5) is 5.82 Å². The van der Waals surface area contributed by atoms with Crippen molar-refractivity contribution in [2.24, 2.45) is 0 Å². The first-order valence-corrected chi connectivity index (χ1v) is 6.36. The van der Waals surface area contributed by atoms with Gasteiger partial charge in [-0.2, -0.15) is 11.8 Å². The summed E-state index contributed by atoms with van der Waals surface area (Å²) < 4.78 is 6.44. The summed E-state index contributed by atoms with van der Waals surface area (Å²) in [7, 11) is 1.32. The SMILES string of the molecule is C=CCSCCn1c(C)nc(C(=O)OC)c1N. The van der Waals surface area contributed by atoms with E-state index in [4.69, 9.17) is 5.73 Å². The number of esters is 1. The lowest BCUT2D eigenvalue weighted by atomic mass is 10.4. The van der Waals surface area contributed by atoms with Crippen LogP contribution in [0.3, 0.4) is 0 Å². The molecule has 1 heterocycles. The predicted molar refractivity (Wildman–Crippen MR) is 70.2 cm³/mol. The van der Waals surface area contributed by atoms with Crippen molar-refractivity contribution in [3.63, 3.8) is 0 Å². The topological polar surface area (TPSA) is 70.1 Å². The summed E-state index contributed by atoms with van der Waals surface area (Å²) in [6.45, 7) is 6.20. The molecule has 0 radical (unpaired) electrons. The van der Waals surface area contributed by atoms with E-state index in [0.29, 0.717) is 5.82 Å². The van der Waals surface area contributed by atoms with E-state index in [1.807, 2.05) is 17.6 Å². The lowest BCUT2D eigenvalue weighted by Gasteiger charge is -2.06. The number of aryl methyl sites for hydroxylation is 1. The van der Waals surface area contributed by atoms with Gasteiger partial charge in [0.25, 0.3) is 0 Å². The van der Waals surface area contributed by atoms with Gasteiger partial charge in [0.1, 0.15) is 11.6 Å². The van der Waals surface area contributed by atoms with Crippen molar-refractivity contribution in [2.45, 2.75) is 13.5 Å². The molecule has 0 amide bonds. The largest absolute Gasteiger partial charge is 0.464 e. The molecule has 6 heteroatoms. The molecule has 94 valence electrons. The summed E-state index contributed by atoms with van der Waals surface area (Å²) in [4.78, 5) is 15.5. The first-order chi connectivity index (χ1) is 8.11. The van der Waals surface area contributed by atoms with Crippen LogP contribution in [0.25, 0.3) is 0 Å². The third kappa shape index (κ3) is 3.26. The van der Waals surface area contributed by atoms with E-state index >= 15 is 0 Å². The van der Waals surface area contributed by atoms with Crippen LogP contribution in [-0.4, -0.2) is 34.1 Å². The summed E-state index contributed by atoms with van der Waals surface area (Å²) in [5.41, 5.74) is 6.06. The van der Waals surface area contributed by atoms with Gasteiger partial charge in [-0.25, -0.2) is 9.78 Å². The minimum Gasteiger partial charge on any atom is -0.464 e. The molecule has 0 spiro atoms. The molecular weight excluding hydrogens is 238 g/mol. The van der Waals surface area contributed by atoms with Gasteiger partial charge in [0.15, 0.2) is 5.69 Å². The zero-order chi connectivity index (χ0) is 12.8. The maximum absolute atomic E-state index is 11.4. The van der Waals surface area contributed by atoms with Crippen LogP contribution >= 0.6 is 11.8 Å². The van der Waals surface area contributed by atoms with Crippen molar-refractivity contribution in [1.82, 2.24) is 9.55 Å². The van der Waals surface area contributed by atoms with Gasteiger partial charge in [-0.05, 0) is 6.92 Å². The molecule has 5 nitrogen and oxygen atoms in total. The number of imidazole rings is 1. The molecule has 2 N–H and O–H groups in total. The van der Waals surface area contributed by atoms with E-state index in [1.54, 1.807) is 11.8 Å². The van der Waals surface area contributed by atoms with Crippen LogP contribution in [0, 0.1) is 6.92 Å². The molecule has 0 saturated carbocycles. The fourth-order valence-electron chi connectivity index (χ4n) is 1.43. The van der Waals surface area contributed by atoms with Gasteiger partial charge in [-0.1, -0.05) is 6.08 Å². The maximum atomic E-state index is 11.4. The Hall–Kier alpha value is -1.43. The average molecular weight is 255 g/mol. The fraction of sp³-hybridized carbons (Fsp3) is 0.455. The summed E-state index contributed by atoms with van der Waals surface area (Å²) in [6.07, 6.45) is 1.86. The summed E-state index contributed by atoms with van der Waals surface area (Å²) >= 11 is 1.75. The third-order valence-corrected chi connectivity index (χ3v) is 3.21. The lowest BCUT2D eigenvalue weighted by Crippen LogP contribution is -2.10. The van der Waals surface area contributed by atoms with E-state index in [0.717, 1.165) is 23.9 Å². The molecule has 0 aliphatic heterocycles. The Kier molecular flexibility index (Phi) is 5.09. The lowest BCUT2D eigenvalue weighted by molar-refractivity contribution is 0.0595. The molecule has 1 rings (SSSR count). The molecular formula is C11H17N3O2S. The molecule has 0 saturated heterocycles.